The van der Waals surface area contributed by atoms with Gasteiger partial charge in [-0.25, -0.2) is 5.10 Å². The van der Waals surface area contributed by atoms with Gasteiger partial charge in [0, 0.05) is 11.1 Å². The van der Waals surface area contributed by atoms with Gasteiger partial charge in [-0.3, -0.25) is 9.59 Å². The summed E-state index contributed by atoms with van der Waals surface area (Å²) in [6.45, 7) is 0. The highest BCUT2D eigenvalue weighted by molar-refractivity contribution is 5.84. The number of rotatable bonds is 1. The monoisotopic (exact) mass is 228 g/mol. The average Bonchev–Trinajstić information content (AvgIpc) is 2.73. The van der Waals surface area contributed by atoms with Crippen molar-refractivity contribution in [2.75, 3.05) is 0 Å². The molecule has 0 amide bonds. The molecule has 0 spiro atoms. The summed E-state index contributed by atoms with van der Waals surface area (Å²) in [5.74, 6) is -0.348. The second kappa shape index (κ2) is 3.55. The maximum atomic E-state index is 11.4. The highest BCUT2D eigenvalue weighted by atomic mass is 16.5. The van der Waals surface area contributed by atoms with Crippen LogP contribution in [0.25, 0.3) is 11.3 Å². The summed E-state index contributed by atoms with van der Waals surface area (Å²) in [5, 5.41) is 6.32. The van der Waals surface area contributed by atoms with E-state index in [1.165, 1.54) is 0 Å². The Morgan fingerprint density at radius 1 is 1.18 bits per heavy atom. The molecule has 0 aliphatic carbocycles. The number of aromatic nitrogens is 2. The van der Waals surface area contributed by atoms with Crippen molar-refractivity contribution in [2.45, 2.75) is 6.42 Å². The molecule has 1 aromatic carbocycles. The summed E-state index contributed by atoms with van der Waals surface area (Å²) in [6, 6.07) is 9.35. The highest BCUT2D eigenvalue weighted by Gasteiger charge is 2.27. The maximum Gasteiger partial charge on any atom is 0.316 e. The predicted octanol–water partition coefficient (Wildman–Crippen LogP) is 0.898. The Morgan fingerprint density at radius 2 is 1.94 bits per heavy atom. The lowest BCUT2D eigenvalue weighted by Gasteiger charge is -2.03. The second-order valence-electron chi connectivity index (χ2n) is 3.73. The number of H-pyrrole nitrogens is 1. The first kappa shape index (κ1) is 9.77. The number of carbonyl (C=O) groups excluding carboxylic acids is 1. The molecule has 17 heavy (non-hydrogen) atoms. The van der Waals surface area contributed by atoms with Crippen LogP contribution < -0.4 is 10.3 Å². The Hall–Kier alpha value is -2.43. The number of nitrogens with one attached hydrogen (secondary N) is 1. The SMILES string of the molecule is O=C1Cc2c(-c3ccccc3)n[nH]c(=O)c2O1. The molecule has 0 atom stereocenters. The van der Waals surface area contributed by atoms with Crippen LogP contribution in [0, 0.1) is 0 Å². The number of hydrogen-bond donors (Lipinski definition) is 1. The maximum absolute atomic E-state index is 11.4. The third-order valence-corrected chi connectivity index (χ3v) is 2.62. The van der Waals surface area contributed by atoms with Gasteiger partial charge in [0.1, 0.15) is 0 Å². The molecule has 0 saturated heterocycles. The van der Waals surface area contributed by atoms with Crippen molar-refractivity contribution >= 4 is 5.97 Å². The summed E-state index contributed by atoms with van der Waals surface area (Å²) in [5.41, 5.74) is 1.53. The van der Waals surface area contributed by atoms with Gasteiger partial charge >= 0.3 is 11.5 Å². The number of ether oxygens (including phenoxy) is 1. The van der Waals surface area contributed by atoms with E-state index < -0.39 is 11.5 Å². The first-order chi connectivity index (χ1) is 8.25. The summed E-state index contributed by atoms with van der Waals surface area (Å²) in [4.78, 5) is 22.7. The first-order valence-corrected chi connectivity index (χ1v) is 5.13. The van der Waals surface area contributed by atoms with E-state index in [1.807, 2.05) is 30.3 Å². The topological polar surface area (TPSA) is 72.0 Å². The number of fused-ring (bicyclic) bond motifs is 1. The molecule has 5 nitrogen and oxygen atoms in total. The summed E-state index contributed by atoms with van der Waals surface area (Å²) >= 11 is 0. The van der Waals surface area contributed by atoms with Crippen LogP contribution in [-0.4, -0.2) is 16.2 Å². The predicted molar refractivity (Wildman–Crippen MR) is 59.6 cm³/mol. The van der Waals surface area contributed by atoms with Gasteiger partial charge in [-0.1, -0.05) is 30.3 Å². The van der Waals surface area contributed by atoms with Gasteiger partial charge < -0.3 is 4.74 Å². The van der Waals surface area contributed by atoms with E-state index in [4.69, 9.17) is 4.74 Å². The minimum Gasteiger partial charge on any atom is -0.420 e. The lowest BCUT2D eigenvalue weighted by atomic mass is 10.1. The normalized spacial score (nSPS) is 13.3. The van der Waals surface area contributed by atoms with Crippen molar-refractivity contribution in [3.05, 3.63) is 46.2 Å². The van der Waals surface area contributed by atoms with Crippen LogP contribution in [0.4, 0.5) is 0 Å². The fourth-order valence-electron chi connectivity index (χ4n) is 1.87. The smallest absolute Gasteiger partial charge is 0.316 e. The van der Waals surface area contributed by atoms with E-state index in [2.05, 4.69) is 10.2 Å². The zero-order valence-electron chi connectivity index (χ0n) is 8.77. The molecule has 1 aromatic heterocycles. The van der Waals surface area contributed by atoms with Crippen molar-refractivity contribution in [3.8, 4) is 17.0 Å². The minimum absolute atomic E-state index is 0.0730. The number of nitrogens with zero attached hydrogens (tertiary/aromatic N) is 1. The standard InChI is InChI=1S/C12H8N2O3/c15-9-6-8-10(7-4-2-1-3-5-7)13-14-12(16)11(8)17-9/h1-5H,6H2,(H,14,16). The molecule has 1 aliphatic heterocycles. The molecule has 0 saturated carbocycles. The van der Waals surface area contributed by atoms with E-state index >= 15 is 0 Å². The second-order valence-corrected chi connectivity index (χ2v) is 3.73. The average molecular weight is 228 g/mol. The molecule has 0 fully saturated rings. The van der Waals surface area contributed by atoms with Gasteiger partial charge in [0.2, 0.25) is 5.75 Å². The van der Waals surface area contributed by atoms with Crippen LogP contribution in [0.15, 0.2) is 35.1 Å². The minimum atomic E-state index is -0.467. The Balaban J connectivity index is 2.24. The largest absolute Gasteiger partial charge is 0.420 e. The molecular formula is C12H8N2O3. The number of aromatic amines is 1. The number of hydrogen-bond acceptors (Lipinski definition) is 4. The van der Waals surface area contributed by atoms with Gasteiger partial charge in [0.25, 0.3) is 0 Å². The van der Waals surface area contributed by atoms with Crippen LogP contribution >= 0.6 is 0 Å². The Kier molecular flexibility index (Phi) is 2.04. The van der Waals surface area contributed by atoms with Crippen molar-refractivity contribution < 1.29 is 9.53 Å². The van der Waals surface area contributed by atoms with Crippen LogP contribution in [0.1, 0.15) is 5.56 Å². The van der Waals surface area contributed by atoms with Crippen molar-refractivity contribution in [2.24, 2.45) is 0 Å². The lowest BCUT2D eigenvalue weighted by molar-refractivity contribution is -0.131. The Bertz CT molecular complexity index is 647. The lowest BCUT2D eigenvalue weighted by Crippen LogP contribution is -2.12. The molecule has 1 aliphatic rings. The van der Waals surface area contributed by atoms with E-state index in [1.54, 1.807) is 0 Å². The van der Waals surface area contributed by atoms with E-state index in [0.29, 0.717) is 11.3 Å². The molecule has 0 unspecified atom stereocenters. The third kappa shape index (κ3) is 1.52. The first-order valence-electron chi connectivity index (χ1n) is 5.13. The molecule has 84 valence electrons. The molecule has 2 aromatic rings. The molecule has 5 heteroatoms. The number of carbonyl (C=O) groups is 1. The Morgan fingerprint density at radius 3 is 2.71 bits per heavy atom. The van der Waals surface area contributed by atoms with Gasteiger partial charge in [-0.2, -0.15) is 5.10 Å². The van der Waals surface area contributed by atoms with E-state index in [-0.39, 0.29) is 12.2 Å². The molecule has 1 N–H and O–H groups in total. The van der Waals surface area contributed by atoms with Crippen molar-refractivity contribution in [1.29, 1.82) is 0 Å². The zero-order chi connectivity index (χ0) is 11.8. The van der Waals surface area contributed by atoms with E-state index in [0.717, 1.165) is 5.56 Å². The third-order valence-electron chi connectivity index (χ3n) is 2.62. The van der Waals surface area contributed by atoms with Crippen molar-refractivity contribution in [1.82, 2.24) is 10.2 Å². The zero-order valence-corrected chi connectivity index (χ0v) is 8.77. The number of esters is 1. The molecular weight excluding hydrogens is 220 g/mol. The molecule has 3 rings (SSSR count). The van der Waals surface area contributed by atoms with Crippen LogP contribution in [0.3, 0.4) is 0 Å². The van der Waals surface area contributed by atoms with E-state index in [9.17, 15) is 9.59 Å². The highest BCUT2D eigenvalue weighted by Crippen LogP contribution is 2.29. The quantitative estimate of drug-likeness (QED) is 0.736. The fourth-order valence-corrected chi connectivity index (χ4v) is 1.87. The van der Waals surface area contributed by atoms with Gasteiger partial charge in [-0.15, -0.1) is 0 Å². The van der Waals surface area contributed by atoms with Crippen molar-refractivity contribution in [3.63, 3.8) is 0 Å². The van der Waals surface area contributed by atoms with Gasteiger partial charge in [-0.05, 0) is 0 Å². The van der Waals surface area contributed by atoms with Crippen LogP contribution in [0.5, 0.6) is 5.75 Å². The van der Waals surface area contributed by atoms with Crippen LogP contribution in [-0.2, 0) is 11.2 Å². The van der Waals surface area contributed by atoms with Gasteiger partial charge in [0.15, 0.2) is 0 Å². The summed E-state index contributed by atoms with van der Waals surface area (Å²) in [6.07, 6.45) is 0.0937. The number of benzene rings is 1. The van der Waals surface area contributed by atoms with Crippen LogP contribution in [0.2, 0.25) is 0 Å². The molecule has 0 bridgehead atoms. The van der Waals surface area contributed by atoms with Gasteiger partial charge in [0.05, 0.1) is 12.1 Å². The fraction of sp³-hybridized carbons (Fsp3) is 0.0833. The summed E-state index contributed by atoms with van der Waals surface area (Å²) in [7, 11) is 0. The Labute approximate surface area is 96.1 Å². The molecule has 0 radical (unpaired) electrons. The summed E-state index contributed by atoms with van der Waals surface area (Å²) < 4.78 is 4.88. The molecule has 2 heterocycles.